The zero-order valence-electron chi connectivity index (χ0n) is 15.6. The van der Waals surface area contributed by atoms with Crippen LogP contribution in [-0.4, -0.2) is 39.7 Å². The molecule has 0 saturated carbocycles. The van der Waals surface area contributed by atoms with Gasteiger partial charge in [0.25, 0.3) is 0 Å². The molecule has 5 atom stereocenters. The minimum absolute atomic E-state index is 0.0238. The maximum atomic E-state index is 14.0. The molecular weight excluding hydrogens is 390 g/mol. The Morgan fingerprint density at radius 2 is 2.14 bits per heavy atom. The van der Waals surface area contributed by atoms with Gasteiger partial charge < -0.3 is 5.32 Å². The first kappa shape index (κ1) is 17.1. The molecule has 0 amide bonds. The number of allylic oxidation sites excluding steroid dienone is 1. The van der Waals surface area contributed by atoms with Crippen LogP contribution in [0, 0.1) is 0 Å². The highest BCUT2D eigenvalue weighted by atomic mass is 35.5. The molecule has 6 heterocycles. The maximum absolute atomic E-state index is 14.0. The Balaban J connectivity index is 1.41. The standard InChI is InChI=1S/C21H18ClN5O2/c1-11-21(15(10-27(11)29-21)12-4-6-23-7-5-12)20(28)19-18-14-3-2-13(22)8-16(14)25-17(18)9-24-26-19/h2-9,11,15,18,24-25H,10H2,1H3. The molecule has 3 saturated heterocycles. The summed E-state index contributed by atoms with van der Waals surface area (Å²) in [6, 6.07) is 9.55. The molecule has 0 aliphatic carbocycles. The van der Waals surface area contributed by atoms with E-state index >= 15 is 0 Å². The predicted molar refractivity (Wildman–Crippen MR) is 108 cm³/mol. The van der Waals surface area contributed by atoms with Crippen LogP contribution in [0.15, 0.2) is 59.7 Å². The topological polar surface area (TPSA) is 78.9 Å². The minimum atomic E-state index is -0.945. The average molecular weight is 408 g/mol. The Labute approximate surface area is 172 Å². The molecule has 29 heavy (non-hydrogen) atoms. The van der Waals surface area contributed by atoms with E-state index in [1.807, 2.05) is 42.3 Å². The normalized spacial score (nSPS) is 33.4. The van der Waals surface area contributed by atoms with Crippen LogP contribution >= 0.6 is 11.6 Å². The molecule has 8 heteroatoms. The lowest BCUT2D eigenvalue weighted by atomic mass is 9.73. The zero-order valence-corrected chi connectivity index (χ0v) is 16.3. The number of rotatable bonds is 3. The largest absolute Gasteiger partial charge is 0.357 e. The summed E-state index contributed by atoms with van der Waals surface area (Å²) in [5.41, 5.74) is 6.25. The number of fused-ring (bicyclic) bond motifs is 4. The zero-order chi connectivity index (χ0) is 19.8. The fourth-order valence-electron chi connectivity index (χ4n) is 5.03. The number of hydroxylamine groups is 2. The fourth-order valence-corrected chi connectivity index (χ4v) is 5.21. The molecule has 1 aromatic heterocycles. The SMILES string of the molecule is CC1N2CC(c3ccncc3)C1(C(=O)C1=NNC=C3Nc4cc(Cl)ccc4C31)O2. The number of carbonyl (C=O) groups is 1. The quantitative estimate of drug-likeness (QED) is 0.814. The number of ketones is 1. The van der Waals surface area contributed by atoms with Gasteiger partial charge in [0.1, 0.15) is 5.71 Å². The first-order valence-corrected chi connectivity index (χ1v) is 9.97. The Morgan fingerprint density at radius 1 is 1.31 bits per heavy atom. The van der Waals surface area contributed by atoms with Crippen molar-refractivity contribution < 1.29 is 9.63 Å². The molecule has 0 spiro atoms. The molecule has 1 aromatic carbocycles. The Bertz CT molecular complexity index is 1100. The van der Waals surface area contributed by atoms with Crippen molar-refractivity contribution in [2.75, 3.05) is 11.9 Å². The molecule has 5 aliphatic heterocycles. The highest BCUT2D eigenvalue weighted by Crippen LogP contribution is 2.54. The lowest BCUT2D eigenvalue weighted by Crippen LogP contribution is -2.66. The molecule has 3 fully saturated rings. The Morgan fingerprint density at radius 3 is 2.93 bits per heavy atom. The number of benzene rings is 1. The highest BCUT2D eigenvalue weighted by Gasteiger charge is 2.70. The van der Waals surface area contributed by atoms with Gasteiger partial charge in [0, 0.05) is 47.5 Å². The van der Waals surface area contributed by atoms with E-state index in [1.165, 1.54) is 0 Å². The number of carbonyl (C=O) groups excluding carboxylic acids is 1. The van der Waals surface area contributed by atoms with Gasteiger partial charge in [-0.15, -0.1) is 0 Å². The van der Waals surface area contributed by atoms with Crippen LogP contribution in [0.1, 0.15) is 29.9 Å². The summed E-state index contributed by atoms with van der Waals surface area (Å²) >= 11 is 6.16. The molecule has 7 nitrogen and oxygen atoms in total. The molecule has 0 radical (unpaired) electrons. The van der Waals surface area contributed by atoms with Gasteiger partial charge in [-0.3, -0.25) is 20.0 Å². The summed E-state index contributed by atoms with van der Waals surface area (Å²) in [4.78, 5) is 24.1. The number of anilines is 1. The smallest absolute Gasteiger partial charge is 0.216 e. The summed E-state index contributed by atoms with van der Waals surface area (Å²) in [6.07, 6.45) is 5.30. The van der Waals surface area contributed by atoms with Crippen molar-refractivity contribution in [3.8, 4) is 0 Å². The molecule has 5 unspecified atom stereocenters. The number of pyridine rings is 1. The molecule has 2 aromatic rings. The van der Waals surface area contributed by atoms with Gasteiger partial charge in [-0.1, -0.05) is 17.7 Å². The summed E-state index contributed by atoms with van der Waals surface area (Å²) in [7, 11) is 0. The Hall–Kier alpha value is -2.74. The van der Waals surface area contributed by atoms with Crippen LogP contribution in [0.25, 0.3) is 0 Å². The van der Waals surface area contributed by atoms with Crippen molar-refractivity contribution in [2.24, 2.45) is 5.10 Å². The molecule has 146 valence electrons. The number of hydrazone groups is 1. The van der Waals surface area contributed by atoms with E-state index in [0.717, 1.165) is 22.5 Å². The second-order valence-corrected chi connectivity index (χ2v) is 8.27. The molecule has 2 N–H and O–H groups in total. The first-order chi connectivity index (χ1) is 14.1. The monoisotopic (exact) mass is 407 g/mol. The van der Waals surface area contributed by atoms with Gasteiger partial charge in [0.15, 0.2) is 5.60 Å². The van der Waals surface area contributed by atoms with Crippen LogP contribution in [0.3, 0.4) is 0 Å². The third-order valence-electron chi connectivity index (χ3n) is 6.49. The maximum Gasteiger partial charge on any atom is 0.216 e. The minimum Gasteiger partial charge on any atom is -0.357 e. The summed E-state index contributed by atoms with van der Waals surface area (Å²) in [6.45, 7) is 2.71. The number of halogens is 1. The average Bonchev–Trinajstić information content (AvgIpc) is 3.40. The van der Waals surface area contributed by atoms with Gasteiger partial charge in [-0.2, -0.15) is 10.2 Å². The fraction of sp³-hybridized carbons (Fsp3) is 0.286. The summed E-state index contributed by atoms with van der Waals surface area (Å²) in [5.74, 6) is -0.397. The molecule has 7 rings (SSSR count). The van der Waals surface area contributed by atoms with Crippen LogP contribution in [0.2, 0.25) is 5.02 Å². The molecule has 5 aliphatic rings. The van der Waals surface area contributed by atoms with Crippen molar-refractivity contribution in [3.05, 3.63) is 70.8 Å². The van der Waals surface area contributed by atoms with Gasteiger partial charge in [-0.25, -0.2) is 0 Å². The first-order valence-electron chi connectivity index (χ1n) is 9.59. The molecule has 2 bridgehead atoms. The van der Waals surface area contributed by atoms with E-state index in [1.54, 1.807) is 18.6 Å². The summed E-state index contributed by atoms with van der Waals surface area (Å²) < 4.78 is 0. The third-order valence-corrected chi connectivity index (χ3v) is 6.73. The van der Waals surface area contributed by atoms with Crippen molar-refractivity contribution in [3.63, 3.8) is 0 Å². The van der Waals surface area contributed by atoms with Crippen molar-refractivity contribution >= 4 is 28.8 Å². The molecular formula is C21H18ClN5O2. The second-order valence-electron chi connectivity index (χ2n) is 7.84. The van der Waals surface area contributed by atoms with Gasteiger partial charge >= 0.3 is 0 Å². The number of Topliss-reactive ketones (excluding diaryl/α,β-unsaturated/α-hetero) is 1. The highest BCUT2D eigenvalue weighted by molar-refractivity contribution is 6.46. The third kappa shape index (κ3) is 2.18. The van der Waals surface area contributed by atoms with Crippen molar-refractivity contribution in [1.29, 1.82) is 0 Å². The second kappa shape index (κ2) is 5.89. The van der Waals surface area contributed by atoms with Crippen molar-refractivity contribution in [1.82, 2.24) is 15.5 Å². The Kier molecular flexibility index (Phi) is 3.48. The lowest BCUT2D eigenvalue weighted by molar-refractivity contribution is -0.320. The number of aromatic nitrogens is 1. The van der Waals surface area contributed by atoms with Crippen LogP contribution < -0.4 is 10.7 Å². The number of hydrogen-bond donors (Lipinski definition) is 2. The van der Waals surface area contributed by atoms with Crippen LogP contribution in [0.5, 0.6) is 0 Å². The van der Waals surface area contributed by atoms with Gasteiger partial charge in [0.05, 0.1) is 12.0 Å². The number of nitrogens with zero attached hydrogens (tertiary/aromatic N) is 3. The van der Waals surface area contributed by atoms with E-state index in [4.69, 9.17) is 16.4 Å². The lowest BCUT2D eigenvalue weighted by Gasteiger charge is -2.47. The van der Waals surface area contributed by atoms with E-state index in [9.17, 15) is 4.79 Å². The van der Waals surface area contributed by atoms with Crippen molar-refractivity contribution in [2.45, 2.75) is 30.4 Å². The van der Waals surface area contributed by atoms with Crippen LogP contribution in [0.4, 0.5) is 5.69 Å². The predicted octanol–water partition coefficient (Wildman–Crippen LogP) is 2.79. The van der Waals surface area contributed by atoms with E-state index in [-0.39, 0.29) is 23.7 Å². The number of hydrogen-bond acceptors (Lipinski definition) is 7. The number of nitrogens with one attached hydrogen (secondary N) is 2. The summed E-state index contributed by atoms with van der Waals surface area (Å²) in [5, 5.41) is 10.3. The van der Waals surface area contributed by atoms with E-state index in [2.05, 4.69) is 20.8 Å². The van der Waals surface area contributed by atoms with E-state index < -0.39 is 5.60 Å². The van der Waals surface area contributed by atoms with Gasteiger partial charge in [-0.05, 0) is 42.3 Å². The van der Waals surface area contributed by atoms with Gasteiger partial charge in [0.2, 0.25) is 5.78 Å². The van der Waals surface area contributed by atoms with Crippen LogP contribution in [-0.2, 0) is 9.63 Å². The van der Waals surface area contributed by atoms with E-state index in [0.29, 0.717) is 17.3 Å².